The van der Waals surface area contributed by atoms with E-state index in [0.29, 0.717) is 18.0 Å². The fourth-order valence-electron chi connectivity index (χ4n) is 2.87. The number of methoxy groups -OCH3 is 1. The molecule has 0 N–H and O–H groups in total. The molecule has 1 heterocycles. The van der Waals surface area contributed by atoms with Crippen LogP contribution in [0.2, 0.25) is 5.02 Å². The highest BCUT2D eigenvalue weighted by Gasteiger charge is 2.29. The summed E-state index contributed by atoms with van der Waals surface area (Å²) in [5.74, 6) is 0.451. The first-order valence-corrected chi connectivity index (χ1v) is 9.43. The molecule has 0 fully saturated rings. The van der Waals surface area contributed by atoms with Gasteiger partial charge in [0.15, 0.2) is 0 Å². The summed E-state index contributed by atoms with van der Waals surface area (Å²) in [6.45, 7) is 1.22. The molecule has 0 spiro atoms. The van der Waals surface area contributed by atoms with Gasteiger partial charge in [0.2, 0.25) is 0 Å². The zero-order valence-corrected chi connectivity index (χ0v) is 15.1. The van der Waals surface area contributed by atoms with E-state index in [9.17, 15) is 8.42 Å². The Labute approximate surface area is 147 Å². The summed E-state index contributed by atoms with van der Waals surface area (Å²) in [4.78, 5) is 2.24. The first kappa shape index (κ1) is 16.9. The molecule has 1 aliphatic heterocycles. The second kappa shape index (κ2) is 6.53. The fourth-order valence-corrected chi connectivity index (χ4v) is 4.74. The van der Waals surface area contributed by atoms with Crippen LogP contribution in [0.1, 0.15) is 6.42 Å². The van der Waals surface area contributed by atoms with Crippen molar-refractivity contribution in [1.82, 2.24) is 0 Å². The number of rotatable bonds is 3. The Morgan fingerprint density at radius 2 is 1.79 bits per heavy atom. The number of halogens is 1. The van der Waals surface area contributed by atoms with Crippen molar-refractivity contribution >= 4 is 33.0 Å². The average molecular weight is 367 g/mol. The maximum Gasteiger partial charge on any atom is 0.264 e. The van der Waals surface area contributed by atoms with E-state index in [1.807, 2.05) is 31.3 Å². The van der Waals surface area contributed by atoms with E-state index in [4.69, 9.17) is 16.3 Å². The van der Waals surface area contributed by atoms with Crippen LogP contribution in [0.3, 0.4) is 0 Å². The largest absolute Gasteiger partial charge is 0.495 e. The van der Waals surface area contributed by atoms with Gasteiger partial charge in [-0.05, 0) is 36.8 Å². The molecule has 0 aliphatic carbocycles. The van der Waals surface area contributed by atoms with Gasteiger partial charge in [-0.1, -0.05) is 23.7 Å². The van der Waals surface area contributed by atoms with Crippen molar-refractivity contribution in [3.8, 4) is 5.75 Å². The molecule has 0 amide bonds. The van der Waals surface area contributed by atoms with Crippen molar-refractivity contribution in [3.05, 3.63) is 47.5 Å². The maximum absolute atomic E-state index is 13.2. The minimum absolute atomic E-state index is 0.160. The van der Waals surface area contributed by atoms with Crippen LogP contribution in [0, 0.1) is 0 Å². The Hall–Kier alpha value is -1.92. The highest BCUT2D eigenvalue weighted by molar-refractivity contribution is 7.92. The third-order valence-electron chi connectivity index (χ3n) is 4.13. The SMILES string of the molecule is COc1ccc(S(=O)(=O)N2CCCN(C)c3ccccc32)cc1Cl. The Bertz CT molecular complexity index is 855. The highest BCUT2D eigenvalue weighted by Crippen LogP contribution is 2.36. The number of hydrogen-bond donors (Lipinski definition) is 0. The molecule has 0 bridgehead atoms. The normalized spacial score (nSPS) is 15.0. The lowest BCUT2D eigenvalue weighted by Crippen LogP contribution is -2.31. The van der Waals surface area contributed by atoms with Crippen LogP contribution in [-0.4, -0.2) is 35.7 Å². The van der Waals surface area contributed by atoms with Crippen LogP contribution >= 0.6 is 11.6 Å². The lowest BCUT2D eigenvalue weighted by atomic mass is 10.2. The predicted molar refractivity (Wildman–Crippen MR) is 96.9 cm³/mol. The molecule has 0 saturated carbocycles. The molecule has 0 unspecified atom stereocenters. The third-order valence-corrected chi connectivity index (χ3v) is 6.23. The molecule has 0 atom stereocenters. The van der Waals surface area contributed by atoms with Gasteiger partial charge in [0.1, 0.15) is 5.75 Å². The van der Waals surface area contributed by atoms with Gasteiger partial charge in [-0.15, -0.1) is 0 Å². The second-order valence-electron chi connectivity index (χ2n) is 5.64. The molecular weight excluding hydrogens is 348 g/mol. The van der Waals surface area contributed by atoms with E-state index in [1.165, 1.54) is 23.5 Å². The molecule has 2 aromatic carbocycles. The van der Waals surface area contributed by atoms with E-state index in [1.54, 1.807) is 6.07 Å². The summed E-state index contributed by atoms with van der Waals surface area (Å²) >= 11 is 6.11. The van der Waals surface area contributed by atoms with E-state index in [-0.39, 0.29) is 9.92 Å². The summed E-state index contributed by atoms with van der Waals surface area (Å²) in [6, 6.07) is 12.1. The molecular formula is C17H19ClN2O3S. The van der Waals surface area contributed by atoms with Crippen molar-refractivity contribution in [1.29, 1.82) is 0 Å². The monoisotopic (exact) mass is 366 g/mol. The number of nitrogens with zero attached hydrogens (tertiary/aromatic N) is 2. The van der Waals surface area contributed by atoms with Crippen molar-refractivity contribution in [2.45, 2.75) is 11.3 Å². The number of anilines is 2. The minimum Gasteiger partial charge on any atom is -0.495 e. The molecule has 2 aromatic rings. The molecule has 0 saturated heterocycles. The van der Waals surface area contributed by atoms with Gasteiger partial charge in [0.25, 0.3) is 10.0 Å². The van der Waals surface area contributed by atoms with Crippen LogP contribution in [0.15, 0.2) is 47.4 Å². The van der Waals surface area contributed by atoms with Crippen molar-refractivity contribution in [2.75, 3.05) is 36.5 Å². The molecule has 3 rings (SSSR count). The molecule has 1 aliphatic rings. The molecule has 0 aromatic heterocycles. The van der Waals surface area contributed by atoms with Gasteiger partial charge in [0.05, 0.1) is 28.4 Å². The summed E-state index contributed by atoms with van der Waals surface area (Å²) in [6.07, 6.45) is 0.744. The van der Waals surface area contributed by atoms with Gasteiger partial charge in [-0.3, -0.25) is 4.31 Å². The van der Waals surface area contributed by atoms with Crippen LogP contribution in [0.4, 0.5) is 11.4 Å². The number of benzene rings is 2. The molecule has 128 valence electrons. The lowest BCUT2D eigenvalue weighted by Gasteiger charge is -2.25. The summed E-state index contributed by atoms with van der Waals surface area (Å²) in [7, 11) is -0.235. The number of para-hydroxylation sites is 2. The van der Waals surface area contributed by atoms with Crippen LogP contribution in [0.5, 0.6) is 5.75 Å². The highest BCUT2D eigenvalue weighted by atomic mass is 35.5. The average Bonchev–Trinajstić information content (AvgIpc) is 2.74. The quantitative estimate of drug-likeness (QED) is 0.835. The summed E-state index contributed by atoms with van der Waals surface area (Å²) in [5.41, 5.74) is 1.59. The van der Waals surface area contributed by atoms with Crippen molar-refractivity contribution in [3.63, 3.8) is 0 Å². The van der Waals surface area contributed by atoms with E-state index >= 15 is 0 Å². The van der Waals surface area contributed by atoms with E-state index in [2.05, 4.69) is 4.90 Å². The Morgan fingerprint density at radius 1 is 1.08 bits per heavy atom. The molecule has 5 nitrogen and oxygen atoms in total. The predicted octanol–water partition coefficient (Wildman–Crippen LogP) is 3.38. The smallest absolute Gasteiger partial charge is 0.264 e. The Kier molecular flexibility index (Phi) is 4.60. The Balaban J connectivity index is 2.09. The Morgan fingerprint density at radius 3 is 2.46 bits per heavy atom. The van der Waals surface area contributed by atoms with Crippen LogP contribution < -0.4 is 13.9 Å². The van der Waals surface area contributed by atoms with Gasteiger partial charge in [0, 0.05) is 20.1 Å². The van der Waals surface area contributed by atoms with Crippen LogP contribution in [-0.2, 0) is 10.0 Å². The topological polar surface area (TPSA) is 49.9 Å². The van der Waals surface area contributed by atoms with Gasteiger partial charge in [-0.2, -0.15) is 0 Å². The van der Waals surface area contributed by atoms with Gasteiger partial charge < -0.3 is 9.64 Å². The lowest BCUT2D eigenvalue weighted by molar-refractivity contribution is 0.414. The van der Waals surface area contributed by atoms with Gasteiger partial charge >= 0.3 is 0 Å². The molecule has 7 heteroatoms. The minimum atomic E-state index is -3.70. The first-order chi connectivity index (χ1) is 11.4. The standard InChI is InChI=1S/C17H19ClN2O3S/c1-19-10-5-11-20(16-7-4-3-6-15(16)19)24(21,22)13-8-9-17(23-2)14(18)12-13/h3-4,6-9,12H,5,10-11H2,1-2H3. The molecule has 0 radical (unpaired) electrons. The second-order valence-corrected chi connectivity index (χ2v) is 7.91. The van der Waals surface area contributed by atoms with Crippen molar-refractivity contribution < 1.29 is 13.2 Å². The number of hydrogen-bond acceptors (Lipinski definition) is 4. The maximum atomic E-state index is 13.2. The zero-order valence-electron chi connectivity index (χ0n) is 13.6. The fraction of sp³-hybridized carbons (Fsp3) is 0.294. The summed E-state index contributed by atoms with van der Waals surface area (Å²) < 4.78 is 32.9. The zero-order chi connectivity index (χ0) is 17.3. The van der Waals surface area contributed by atoms with Crippen LogP contribution in [0.25, 0.3) is 0 Å². The van der Waals surface area contributed by atoms with Crippen molar-refractivity contribution in [2.24, 2.45) is 0 Å². The number of sulfonamides is 1. The molecule has 24 heavy (non-hydrogen) atoms. The number of ether oxygens (including phenoxy) is 1. The van der Waals surface area contributed by atoms with Gasteiger partial charge in [-0.25, -0.2) is 8.42 Å². The van der Waals surface area contributed by atoms with E-state index in [0.717, 1.165) is 18.7 Å². The number of fused-ring (bicyclic) bond motifs is 1. The van der Waals surface area contributed by atoms with E-state index < -0.39 is 10.0 Å². The third kappa shape index (κ3) is 2.91. The first-order valence-electron chi connectivity index (χ1n) is 7.61. The summed E-state index contributed by atoms with van der Waals surface area (Å²) in [5, 5.41) is 0.277.